The van der Waals surface area contributed by atoms with E-state index in [9.17, 15) is 0 Å². The van der Waals surface area contributed by atoms with Gasteiger partial charge in [0.25, 0.3) is 0 Å². The second kappa shape index (κ2) is 3.71. The van der Waals surface area contributed by atoms with Crippen molar-refractivity contribution in [1.82, 2.24) is 5.48 Å². The molecule has 1 saturated heterocycles. The second-order valence-corrected chi connectivity index (χ2v) is 11.5. The van der Waals surface area contributed by atoms with Crippen molar-refractivity contribution in [2.24, 2.45) is 5.92 Å². The molecule has 1 fully saturated rings. The highest BCUT2D eigenvalue weighted by Gasteiger charge is 2.37. The SMILES string of the molecule is CC(C)(C)[Si](C)(C)CC1CNOC1. The van der Waals surface area contributed by atoms with Crippen LogP contribution in [-0.2, 0) is 4.84 Å². The summed E-state index contributed by atoms with van der Waals surface area (Å²) in [6.07, 6.45) is 0. The molecule has 0 amide bonds. The molecule has 0 radical (unpaired) electrons. The van der Waals surface area contributed by atoms with Crippen molar-refractivity contribution >= 4 is 8.07 Å². The van der Waals surface area contributed by atoms with Crippen LogP contribution in [-0.4, -0.2) is 21.2 Å². The summed E-state index contributed by atoms with van der Waals surface area (Å²) in [6.45, 7) is 14.1. The molecule has 1 heterocycles. The summed E-state index contributed by atoms with van der Waals surface area (Å²) >= 11 is 0. The van der Waals surface area contributed by atoms with Gasteiger partial charge in [0.1, 0.15) is 0 Å². The van der Waals surface area contributed by atoms with Crippen molar-refractivity contribution in [3.8, 4) is 0 Å². The van der Waals surface area contributed by atoms with Crippen LogP contribution < -0.4 is 5.48 Å². The topological polar surface area (TPSA) is 21.3 Å². The minimum Gasteiger partial charge on any atom is -0.301 e. The summed E-state index contributed by atoms with van der Waals surface area (Å²) in [5, 5.41) is 0.510. The van der Waals surface area contributed by atoms with Crippen molar-refractivity contribution < 1.29 is 4.84 Å². The first-order valence-corrected chi connectivity index (χ1v) is 8.38. The summed E-state index contributed by atoms with van der Waals surface area (Å²) in [7, 11) is -1.09. The van der Waals surface area contributed by atoms with Gasteiger partial charge in [0.2, 0.25) is 0 Å². The minimum absolute atomic E-state index is 0.510. The van der Waals surface area contributed by atoms with Crippen LogP contribution in [0, 0.1) is 5.92 Å². The van der Waals surface area contributed by atoms with E-state index >= 15 is 0 Å². The molecule has 1 rings (SSSR count). The van der Waals surface area contributed by atoms with Gasteiger partial charge >= 0.3 is 0 Å². The van der Waals surface area contributed by atoms with Gasteiger partial charge < -0.3 is 4.84 Å². The Morgan fingerprint density at radius 2 is 2.00 bits per heavy atom. The van der Waals surface area contributed by atoms with E-state index in [0.717, 1.165) is 19.1 Å². The van der Waals surface area contributed by atoms with Crippen LogP contribution in [0.1, 0.15) is 20.8 Å². The Balaban J connectivity index is 2.50. The zero-order valence-corrected chi connectivity index (χ0v) is 10.6. The Kier molecular flexibility index (Phi) is 3.20. The maximum absolute atomic E-state index is 5.19. The number of hydroxylamine groups is 1. The molecule has 1 unspecified atom stereocenters. The predicted octanol–water partition coefficient (Wildman–Crippen LogP) is 2.65. The van der Waals surface area contributed by atoms with Gasteiger partial charge in [0.15, 0.2) is 0 Å². The average Bonchev–Trinajstić information content (AvgIpc) is 2.35. The monoisotopic (exact) mass is 201 g/mol. The molecule has 0 aromatic carbocycles. The third-order valence-electron chi connectivity index (χ3n) is 3.62. The number of hydrogen-bond donors (Lipinski definition) is 1. The Morgan fingerprint density at radius 3 is 2.38 bits per heavy atom. The summed E-state index contributed by atoms with van der Waals surface area (Å²) in [5.41, 5.74) is 2.97. The van der Waals surface area contributed by atoms with Gasteiger partial charge in [-0.1, -0.05) is 39.9 Å². The van der Waals surface area contributed by atoms with Crippen LogP contribution in [0.3, 0.4) is 0 Å². The summed E-state index contributed by atoms with van der Waals surface area (Å²) in [5.74, 6) is 0.751. The van der Waals surface area contributed by atoms with Crippen molar-refractivity contribution in [2.75, 3.05) is 13.2 Å². The molecular weight excluding hydrogens is 178 g/mol. The molecule has 78 valence electrons. The lowest BCUT2D eigenvalue weighted by atomic mass is 10.2. The standard InChI is InChI=1S/C10H23NOSi/c1-10(2,3)13(4,5)8-9-6-11-12-7-9/h9,11H,6-8H2,1-5H3. The molecular formula is C10H23NOSi. The quantitative estimate of drug-likeness (QED) is 0.694. The Labute approximate surface area is 83.0 Å². The van der Waals surface area contributed by atoms with Gasteiger partial charge in [-0.15, -0.1) is 0 Å². The molecule has 0 aliphatic carbocycles. The lowest BCUT2D eigenvalue weighted by Crippen LogP contribution is -2.39. The molecule has 1 aliphatic heterocycles. The van der Waals surface area contributed by atoms with Gasteiger partial charge in [-0.3, -0.25) is 0 Å². The lowest BCUT2D eigenvalue weighted by molar-refractivity contribution is 0.0980. The zero-order valence-electron chi connectivity index (χ0n) is 9.61. The van der Waals surface area contributed by atoms with Gasteiger partial charge in [-0.05, 0) is 11.0 Å². The molecule has 0 aromatic rings. The molecule has 0 spiro atoms. The van der Waals surface area contributed by atoms with Gasteiger partial charge in [-0.25, -0.2) is 5.48 Å². The Morgan fingerprint density at radius 1 is 1.38 bits per heavy atom. The zero-order chi connectivity index (χ0) is 10.1. The van der Waals surface area contributed by atoms with Crippen LogP contribution in [0.15, 0.2) is 0 Å². The van der Waals surface area contributed by atoms with Crippen molar-refractivity contribution in [3.63, 3.8) is 0 Å². The van der Waals surface area contributed by atoms with E-state index in [1.807, 2.05) is 0 Å². The summed E-state index contributed by atoms with van der Waals surface area (Å²) in [4.78, 5) is 5.19. The van der Waals surface area contributed by atoms with E-state index in [-0.39, 0.29) is 0 Å². The van der Waals surface area contributed by atoms with E-state index in [2.05, 4.69) is 39.3 Å². The molecule has 1 N–H and O–H groups in total. The molecule has 2 nitrogen and oxygen atoms in total. The van der Waals surface area contributed by atoms with Crippen LogP contribution in [0.2, 0.25) is 24.2 Å². The molecule has 1 atom stereocenters. The predicted molar refractivity (Wildman–Crippen MR) is 59.4 cm³/mol. The van der Waals surface area contributed by atoms with Crippen LogP contribution >= 0.6 is 0 Å². The number of rotatable bonds is 2. The third-order valence-corrected chi connectivity index (χ3v) is 9.28. The van der Waals surface area contributed by atoms with E-state index in [4.69, 9.17) is 4.84 Å². The summed E-state index contributed by atoms with van der Waals surface area (Å²) < 4.78 is 0. The smallest absolute Gasteiger partial charge is 0.0720 e. The van der Waals surface area contributed by atoms with Crippen LogP contribution in [0.5, 0.6) is 0 Å². The maximum Gasteiger partial charge on any atom is 0.0720 e. The fourth-order valence-electron chi connectivity index (χ4n) is 1.57. The molecule has 0 saturated carbocycles. The largest absolute Gasteiger partial charge is 0.301 e. The highest BCUT2D eigenvalue weighted by Crippen LogP contribution is 2.40. The van der Waals surface area contributed by atoms with Crippen molar-refractivity contribution in [3.05, 3.63) is 0 Å². The number of nitrogens with one attached hydrogen (secondary N) is 1. The van der Waals surface area contributed by atoms with Gasteiger partial charge in [0.05, 0.1) is 14.7 Å². The Bertz CT molecular complexity index is 168. The van der Waals surface area contributed by atoms with Crippen molar-refractivity contribution in [1.29, 1.82) is 0 Å². The van der Waals surface area contributed by atoms with Gasteiger partial charge in [-0.2, -0.15) is 0 Å². The van der Waals surface area contributed by atoms with E-state index in [0.29, 0.717) is 5.04 Å². The third kappa shape index (κ3) is 2.79. The van der Waals surface area contributed by atoms with E-state index in [1.165, 1.54) is 6.04 Å². The fourth-order valence-corrected chi connectivity index (χ4v) is 3.89. The minimum atomic E-state index is -1.09. The summed E-state index contributed by atoms with van der Waals surface area (Å²) in [6, 6.07) is 1.38. The lowest BCUT2D eigenvalue weighted by Gasteiger charge is -2.38. The molecule has 1 aliphatic rings. The highest BCUT2D eigenvalue weighted by atomic mass is 28.3. The molecule has 3 heteroatoms. The van der Waals surface area contributed by atoms with Crippen molar-refractivity contribution in [2.45, 2.75) is 44.9 Å². The maximum atomic E-state index is 5.19. The van der Waals surface area contributed by atoms with Crippen LogP contribution in [0.25, 0.3) is 0 Å². The van der Waals surface area contributed by atoms with Gasteiger partial charge in [0, 0.05) is 6.54 Å². The van der Waals surface area contributed by atoms with E-state index < -0.39 is 8.07 Å². The normalized spacial score (nSPS) is 25.2. The molecule has 13 heavy (non-hydrogen) atoms. The highest BCUT2D eigenvalue weighted by molar-refractivity contribution is 6.80. The first-order valence-electron chi connectivity index (χ1n) is 5.17. The molecule has 0 aromatic heterocycles. The van der Waals surface area contributed by atoms with E-state index in [1.54, 1.807) is 0 Å². The Hall–Kier alpha value is 0.137. The second-order valence-electron chi connectivity index (χ2n) is 5.86. The molecule has 0 bridgehead atoms. The first-order chi connectivity index (χ1) is 5.83. The van der Waals surface area contributed by atoms with Crippen LogP contribution in [0.4, 0.5) is 0 Å². The fraction of sp³-hybridized carbons (Fsp3) is 1.00. The number of hydrogen-bond acceptors (Lipinski definition) is 2. The first kappa shape index (κ1) is 11.2. The average molecular weight is 201 g/mol.